The van der Waals surface area contributed by atoms with Crippen LogP contribution >= 0.6 is 0 Å². The van der Waals surface area contributed by atoms with E-state index in [1.807, 2.05) is 6.92 Å². The highest BCUT2D eigenvalue weighted by Gasteiger charge is 2.33. The van der Waals surface area contributed by atoms with Gasteiger partial charge in [0.25, 0.3) is 5.91 Å². The predicted octanol–water partition coefficient (Wildman–Crippen LogP) is 3.89. The number of anilines is 1. The molecule has 0 aliphatic rings. The highest BCUT2D eigenvalue weighted by Crippen LogP contribution is 2.34. The third-order valence-electron chi connectivity index (χ3n) is 4.25. The van der Waals surface area contributed by atoms with Crippen molar-refractivity contribution in [1.82, 2.24) is 4.90 Å². The second-order valence-electron chi connectivity index (χ2n) is 6.44. The van der Waals surface area contributed by atoms with Gasteiger partial charge in [-0.05, 0) is 43.7 Å². The predicted molar refractivity (Wildman–Crippen MR) is 106 cm³/mol. The molecule has 0 heterocycles. The Bertz CT molecular complexity index is 900. The summed E-state index contributed by atoms with van der Waals surface area (Å²) < 4.78 is 49.9. The molecular formula is C21H23F3N2O4. The Morgan fingerprint density at radius 3 is 2.43 bits per heavy atom. The monoisotopic (exact) mass is 424 g/mol. The first-order valence-electron chi connectivity index (χ1n) is 9.17. The maximum atomic E-state index is 13.1. The van der Waals surface area contributed by atoms with Crippen LogP contribution in [0.3, 0.4) is 0 Å². The van der Waals surface area contributed by atoms with Crippen molar-refractivity contribution in [3.05, 3.63) is 53.6 Å². The summed E-state index contributed by atoms with van der Waals surface area (Å²) in [7, 11) is 1.48. The zero-order chi connectivity index (χ0) is 22.3. The molecule has 2 rings (SSSR count). The molecule has 6 nitrogen and oxygen atoms in total. The number of carbonyl (C=O) groups is 2. The van der Waals surface area contributed by atoms with E-state index >= 15 is 0 Å². The Morgan fingerprint density at radius 2 is 1.80 bits per heavy atom. The summed E-state index contributed by atoms with van der Waals surface area (Å²) in [5, 5.41) is 2.22. The molecule has 0 bridgehead atoms. The average molecular weight is 424 g/mol. The number of hydrogen-bond acceptors (Lipinski definition) is 4. The molecule has 0 aromatic heterocycles. The minimum Gasteiger partial charge on any atom is -0.493 e. The fourth-order valence-electron chi connectivity index (χ4n) is 2.70. The second-order valence-corrected chi connectivity index (χ2v) is 6.44. The third-order valence-corrected chi connectivity index (χ3v) is 4.25. The number of ether oxygens (including phenoxy) is 2. The molecule has 0 atom stereocenters. The van der Waals surface area contributed by atoms with Crippen molar-refractivity contribution in [2.45, 2.75) is 20.0 Å². The molecular weight excluding hydrogens is 401 g/mol. The van der Waals surface area contributed by atoms with E-state index in [1.54, 1.807) is 25.1 Å². The molecule has 0 aliphatic heterocycles. The molecule has 0 radical (unpaired) electrons. The average Bonchev–Trinajstić information content (AvgIpc) is 2.70. The number of para-hydroxylation sites is 1. The lowest BCUT2D eigenvalue weighted by molar-refractivity contribution is -0.138. The SMILES string of the molecule is CCN(CC(=O)Nc1ccccc1C(F)(F)F)C(=O)COc1ccc(C)cc1OC. The van der Waals surface area contributed by atoms with Gasteiger partial charge in [-0.15, -0.1) is 0 Å². The molecule has 1 N–H and O–H groups in total. The van der Waals surface area contributed by atoms with Gasteiger partial charge in [0, 0.05) is 6.54 Å². The number of nitrogens with one attached hydrogen (secondary N) is 1. The largest absolute Gasteiger partial charge is 0.493 e. The van der Waals surface area contributed by atoms with Gasteiger partial charge >= 0.3 is 6.18 Å². The quantitative estimate of drug-likeness (QED) is 0.698. The molecule has 0 unspecified atom stereocenters. The van der Waals surface area contributed by atoms with Crippen molar-refractivity contribution >= 4 is 17.5 Å². The smallest absolute Gasteiger partial charge is 0.418 e. The van der Waals surface area contributed by atoms with Crippen LogP contribution in [0.1, 0.15) is 18.1 Å². The van der Waals surface area contributed by atoms with Crippen molar-refractivity contribution in [1.29, 1.82) is 0 Å². The van der Waals surface area contributed by atoms with Crippen molar-refractivity contribution in [3.8, 4) is 11.5 Å². The number of likely N-dealkylation sites (N-methyl/N-ethyl adjacent to an activating group) is 1. The Balaban J connectivity index is 2.00. The van der Waals surface area contributed by atoms with E-state index in [1.165, 1.54) is 24.1 Å². The minimum atomic E-state index is -4.61. The lowest BCUT2D eigenvalue weighted by Crippen LogP contribution is -2.40. The summed E-state index contributed by atoms with van der Waals surface area (Å²) in [4.78, 5) is 25.9. The standard InChI is InChI=1S/C21H23F3N2O4/c1-4-26(20(28)13-30-17-10-9-14(2)11-18(17)29-3)12-19(27)25-16-8-6-5-7-15(16)21(22,23)24/h5-11H,4,12-13H2,1-3H3,(H,25,27). The maximum absolute atomic E-state index is 13.1. The van der Waals surface area contributed by atoms with Crippen molar-refractivity contribution in [3.63, 3.8) is 0 Å². The Hall–Kier alpha value is -3.23. The number of hydrogen-bond donors (Lipinski definition) is 1. The Kier molecular flexibility index (Phi) is 7.68. The number of benzene rings is 2. The number of nitrogens with zero attached hydrogens (tertiary/aromatic N) is 1. The number of aryl methyl sites for hydroxylation is 1. The van der Waals surface area contributed by atoms with Crippen molar-refractivity contribution in [2.75, 3.05) is 32.1 Å². The first kappa shape index (κ1) is 23.1. The molecule has 2 amide bonds. The maximum Gasteiger partial charge on any atom is 0.418 e. The van der Waals surface area contributed by atoms with Crippen LogP contribution in [0.4, 0.5) is 18.9 Å². The minimum absolute atomic E-state index is 0.182. The first-order chi connectivity index (χ1) is 14.2. The number of alkyl halides is 3. The summed E-state index contributed by atoms with van der Waals surface area (Å²) in [6.45, 7) is 2.96. The summed E-state index contributed by atoms with van der Waals surface area (Å²) in [6.07, 6.45) is -4.61. The van der Waals surface area contributed by atoms with Gasteiger partial charge < -0.3 is 19.7 Å². The van der Waals surface area contributed by atoms with Crippen LogP contribution in [-0.2, 0) is 15.8 Å². The number of carbonyl (C=O) groups excluding carboxylic acids is 2. The van der Waals surface area contributed by atoms with Gasteiger partial charge in [0.1, 0.15) is 0 Å². The zero-order valence-corrected chi connectivity index (χ0v) is 16.9. The van der Waals surface area contributed by atoms with E-state index in [4.69, 9.17) is 9.47 Å². The van der Waals surface area contributed by atoms with E-state index in [0.29, 0.717) is 11.5 Å². The first-order valence-corrected chi connectivity index (χ1v) is 9.17. The van der Waals surface area contributed by atoms with Gasteiger partial charge in [0.15, 0.2) is 18.1 Å². The molecule has 0 fully saturated rings. The van der Waals surface area contributed by atoms with Crippen LogP contribution < -0.4 is 14.8 Å². The van der Waals surface area contributed by atoms with Crippen LogP contribution in [-0.4, -0.2) is 43.5 Å². The van der Waals surface area contributed by atoms with Crippen LogP contribution in [0, 0.1) is 6.92 Å². The van der Waals surface area contributed by atoms with Crippen molar-refractivity contribution < 1.29 is 32.2 Å². The van der Waals surface area contributed by atoms with Crippen LogP contribution in [0.2, 0.25) is 0 Å². The highest BCUT2D eigenvalue weighted by molar-refractivity contribution is 5.95. The Labute approximate surface area is 172 Å². The Morgan fingerprint density at radius 1 is 1.10 bits per heavy atom. The van der Waals surface area contributed by atoms with Crippen LogP contribution in [0.15, 0.2) is 42.5 Å². The van der Waals surface area contributed by atoms with Gasteiger partial charge in [-0.25, -0.2) is 0 Å². The number of rotatable bonds is 8. The van der Waals surface area contributed by atoms with Crippen molar-refractivity contribution in [2.24, 2.45) is 0 Å². The fraction of sp³-hybridized carbons (Fsp3) is 0.333. The summed E-state index contributed by atoms with van der Waals surface area (Å²) in [5.41, 5.74) is -0.363. The highest BCUT2D eigenvalue weighted by atomic mass is 19.4. The zero-order valence-electron chi connectivity index (χ0n) is 16.9. The van der Waals surface area contributed by atoms with E-state index in [-0.39, 0.29) is 18.8 Å². The summed E-state index contributed by atoms with van der Waals surface area (Å²) in [6, 6.07) is 9.87. The topological polar surface area (TPSA) is 67.9 Å². The van der Waals surface area contributed by atoms with E-state index in [0.717, 1.165) is 17.7 Å². The van der Waals surface area contributed by atoms with Gasteiger partial charge in [-0.1, -0.05) is 18.2 Å². The molecule has 30 heavy (non-hydrogen) atoms. The third kappa shape index (κ3) is 6.13. The molecule has 0 aliphatic carbocycles. The van der Waals surface area contributed by atoms with Gasteiger partial charge in [-0.2, -0.15) is 13.2 Å². The molecule has 0 spiro atoms. The lowest BCUT2D eigenvalue weighted by Gasteiger charge is -2.21. The van der Waals surface area contributed by atoms with Gasteiger partial charge in [0.05, 0.1) is 24.9 Å². The van der Waals surface area contributed by atoms with E-state index in [9.17, 15) is 22.8 Å². The number of halogens is 3. The molecule has 0 saturated carbocycles. The molecule has 0 saturated heterocycles. The number of methoxy groups -OCH3 is 1. The molecule has 2 aromatic rings. The molecule has 9 heteroatoms. The molecule has 162 valence electrons. The summed E-state index contributed by atoms with van der Waals surface area (Å²) in [5.74, 6) is -0.391. The lowest BCUT2D eigenvalue weighted by atomic mass is 10.1. The number of amides is 2. The molecule has 2 aromatic carbocycles. The van der Waals surface area contributed by atoms with E-state index in [2.05, 4.69) is 5.32 Å². The fourth-order valence-corrected chi connectivity index (χ4v) is 2.70. The normalized spacial score (nSPS) is 11.0. The van der Waals surface area contributed by atoms with Gasteiger partial charge in [0.2, 0.25) is 5.91 Å². The second kappa shape index (κ2) is 10.00. The van der Waals surface area contributed by atoms with Gasteiger partial charge in [-0.3, -0.25) is 9.59 Å². The van der Waals surface area contributed by atoms with Crippen LogP contribution in [0.25, 0.3) is 0 Å². The van der Waals surface area contributed by atoms with Crippen LogP contribution in [0.5, 0.6) is 11.5 Å². The van der Waals surface area contributed by atoms with E-state index < -0.39 is 30.1 Å². The summed E-state index contributed by atoms with van der Waals surface area (Å²) >= 11 is 0.